The Kier molecular flexibility index (Phi) is 5.81. The van der Waals surface area contributed by atoms with Crippen molar-refractivity contribution in [1.82, 2.24) is 4.90 Å². The van der Waals surface area contributed by atoms with E-state index in [1.165, 1.54) is 12.8 Å². The third-order valence-corrected chi connectivity index (χ3v) is 3.57. The Morgan fingerprint density at radius 1 is 1.25 bits per heavy atom. The molecule has 3 nitrogen and oxygen atoms in total. The summed E-state index contributed by atoms with van der Waals surface area (Å²) in [7, 11) is 0. The highest BCUT2D eigenvalue weighted by atomic mass is 16.2. The van der Waals surface area contributed by atoms with Crippen LogP contribution in [0.2, 0.25) is 0 Å². The number of hydrogen-bond donors (Lipinski definition) is 1. The molecule has 0 spiro atoms. The van der Waals surface area contributed by atoms with Gasteiger partial charge in [-0.1, -0.05) is 13.8 Å². The lowest BCUT2D eigenvalue weighted by Crippen LogP contribution is -2.40. The maximum absolute atomic E-state index is 12.3. The summed E-state index contributed by atoms with van der Waals surface area (Å²) in [5.74, 6) is 1.42. The minimum Gasteiger partial charge on any atom is -0.341 e. The largest absolute Gasteiger partial charge is 0.341 e. The Morgan fingerprint density at radius 2 is 1.88 bits per heavy atom. The zero-order valence-corrected chi connectivity index (χ0v) is 10.7. The molecule has 1 fully saturated rings. The van der Waals surface area contributed by atoms with Crippen molar-refractivity contribution in [1.29, 1.82) is 0 Å². The first-order valence-electron chi connectivity index (χ1n) is 6.67. The quantitative estimate of drug-likeness (QED) is 0.779. The van der Waals surface area contributed by atoms with E-state index in [4.69, 9.17) is 5.73 Å². The fourth-order valence-electron chi connectivity index (χ4n) is 2.52. The van der Waals surface area contributed by atoms with Gasteiger partial charge in [-0.2, -0.15) is 0 Å². The van der Waals surface area contributed by atoms with E-state index in [2.05, 4.69) is 13.8 Å². The fraction of sp³-hybridized carbons (Fsp3) is 0.923. The molecule has 1 aliphatic carbocycles. The molecule has 0 aromatic heterocycles. The van der Waals surface area contributed by atoms with Gasteiger partial charge in [0.2, 0.25) is 5.91 Å². The maximum Gasteiger partial charge on any atom is 0.225 e. The highest BCUT2D eigenvalue weighted by molar-refractivity contribution is 5.78. The van der Waals surface area contributed by atoms with E-state index >= 15 is 0 Å². The van der Waals surface area contributed by atoms with Crippen molar-refractivity contribution in [3.63, 3.8) is 0 Å². The van der Waals surface area contributed by atoms with E-state index in [0.717, 1.165) is 38.3 Å². The van der Waals surface area contributed by atoms with Crippen LogP contribution in [0.15, 0.2) is 0 Å². The molecule has 1 saturated carbocycles. The number of carbonyl (C=O) groups is 1. The molecule has 0 aromatic carbocycles. The smallest absolute Gasteiger partial charge is 0.225 e. The molecule has 1 rings (SSSR count). The molecule has 2 N–H and O–H groups in total. The summed E-state index contributed by atoms with van der Waals surface area (Å²) >= 11 is 0. The molecule has 16 heavy (non-hydrogen) atoms. The summed E-state index contributed by atoms with van der Waals surface area (Å²) < 4.78 is 0. The number of nitrogens with zero attached hydrogens (tertiary/aromatic N) is 1. The number of hydrogen-bond acceptors (Lipinski definition) is 2. The molecule has 0 aliphatic heterocycles. The van der Waals surface area contributed by atoms with Crippen LogP contribution in [-0.2, 0) is 4.79 Å². The highest BCUT2D eigenvalue weighted by Gasteiger charge is 2.27. The summed E-state index contributed by atoms with van der Waals surface area (Å²) in [5.41, 5.74) is 5.56. The minimum absolute atomic E-state index is 0.272. The van der Waals surface area contributed by atoms with E-state index in [1.54, 1.807) is 0 Å². The minimum atomic E-state index is 0.272. The number of nitrogens with two attached hydrogens (primary N) is 1. The average Bonchev–Trinajstić information content (AvgIpc) is 2.29. The lowest BCUT2D eigenvalue weighted by Gasteiger charge is -2.30. The second kappa shape index (κ2) is 6.89. The van der Waals surface area contributed by atoms with Gasteiger partial charge in [0.1, 0.15) is 0 Å². The van der Waals surface area contributed by atoms with Gasteiger partial charge in [0.25, 0.3) is 0 Å². The lowest BCUT2D eigenvalue weighted by atomic mass is 9.82. The molecule has 0 saturated heterocycles. The van der Waals surface area contributed by atoms with E-state index in [0.29, 0.717) is 12.5 Å². The van der Waals surface area contributed by atoms with Gasteiger partial charge >= 0.3 is 0 Å². The first-order valence-corrected chi connectivity index (χ1v) is 6.67. The molecule has 0 bridgehead atoms. The summed E-state index contributed by atoms with van der Waals surface area (Å²) in [4.78, 5) is 14.2. The molecule has 1 aliphatic rings. The standard InChI is InChI=1S/C13H26N2O/c1-3-9-15(10-8-14)13(16)12-6-4-11(2)5-7-12/h11-12H,3-10,14H2,1-2H3. The SMILES string of the molecule is CCCN(CCN)C(=O)C1CCC(C)CC1. The summed E-state index contributed by atoms with van der Waals surface area (Å²) in [6.07, 6.45) is 5.59. The highest BCUT2D eigenvalue weighted by Crippen LogP contribution is 2.29. The number of carbonyl (C=O) groups excluding carboxylic acids is 1. The monoisotopic (exact) mass is 226 g/mol. The van der Waals surface area contributed by atoms with Crippen molar-refractivity contribution in [2.45, 2.75) is 46.0 Å². The Labute approximate surface area is 99.4 Å². The van der Waals surface area contributed by atoms with Crippen molar-refractivity contribution in [2.75, 3.05) is 19.6 Å². The van der Waals surface area contributed by atoms with Gasteiger partial charge in [0, 0.05) is 25.6 Å². The van der Waals surface area contributed by atoms with Crippen LogP contribution < -0.4 is 5.73 Å². The zero-order chi connectivity index (χ0) is 12.0. The summed E-state index contributed by atoms with van der Waals surface area (Å²) in [6, 6.07) is 0. The first-order chi connectivity index (χ1) is 7.69. The van der Waals surface area contributed by atoms with Crippen LogP contribution >= 0.6 is 0 Å². The Hall–Kier alpha value is -0.570. The van der Waals surface area contributed by atoms with Crippen molar-refractivity contribution in [3.8, 4) is 0 Å². The van der Waals surface area contributed by atoms with Crippen LogP contribution in [0.25, 0.3) is 0 Å². The first kappa shape index (κ1) is 13.5. The van der Waals surface area contributed by atoms with E-state index in [1.807, 2.05) is 4.90 Å². The Morgan fingerprint density at radius 3 is 2.38 bits per heavy atom. The van der Waals surface area contributed by atoms with Crippen LogP contribution in [0.1, 0.15) is 46.0 Å². The van der Waals surface area contributed by atoms with E-state index < -0.39 is 0 Å². The van der Waals surface area contributed by atoms with E-state index in [9.17, 15) is 4.79 Å². The van der Waals surface area contributed by atoms with Gasteiger partial charge in [-0.3, -0.25) is 4.79 Å². The van der Waals surface area contributed by atoms with Crippen LogP contribution in [0, 0.1) is 11.8 Å². The molecule has 0 aromatic rings. The number of rotatable bonds is 5. The maximum atomic E-state index is 12.3. The molecular weight excluding hydrogens is 200 g/mol. The third kappa shape index (κ3) is 3.78. The van der Waals surface area contributed by atoms with Gasteiger partial charge in [0.15, 0.2) is 0 Å². The second-order valence-electron chi connectivity index (χ2n) is 5.07. The third-order valence-electron chi connectivity index (χ3n) is 3.57. The molecular formula is C13H26N2O. The van der Waals surface area contributed by atoms with Crippen molar-refractivity contribution >= 4 is 5.91 Å². The van der Waals surface area contributed by atoms with Gasteiger partial charge in [0.05, 0.1) is 0 Å². The predicted octanol–water partition coefficient (Wildman–Crippen LogP) is 2.01. The predicted molar refractivity (Wildman–Crippen MR) is 67.0 cm³/mol. The van der Waals surface area contributed by atoms with Crippen molar-refractivity contribution in [3.05, 3.63) is 0 Å². The topological polar surface area (TPSA) is 46.3 Å². The van der Waals surface area contributed by atoms with Gasteiger partial charge in [-0.25, -0.2) is 0 Å². The van der Waals surface area contributed by atoms with Crippen molar-refractivity contribution in [2.24, 2.45) is 17.6 Å². The van der Waals surface area contributed by atoms with Crippen LogP contribution in [-0.4, -0.2) is 30.4 Å². The molecule has 1 amide bonds. The zero-order valence-electron chi connectivity index (χ0n) is 10.7. The molecule has 0 unspecified atom stereocenters. The lowest BCUT2D eigenvalue weighted by molar-refractivity contribution is -0.136. The van der Waals surface area contributed by atoms with Crippen molar-refractivity contribution < 1.29 is 4.79 Å². The molecule has 3 heteroatoms. The molecule has 94 valence electrons. The Bertz CT molecular complexity index is 204. The average molecular weight is 226 g/mol. The van der Waals surface area contributed by atoms with Gasteiger partial charge in [-0.15, -0.1) is 0 Å². The van der Waals surface area contributed by atoms with Crippen LogP contribution in [0.4, 0.5) is 0 Å². The van der Waals surface area contributed by atoms with E-state index in [-0.39, 0.29) is 5.92 Å². The molecule has 0 atom stereocenters. The van der Waals surface area contributed by atoms with Gasteiger partial charge in [-0.05, 0) is 38.0 Å². The molecule has 0 radical (unpaired) electrons. The summed E-state index contributed by atoms with van der Waals surface area (Å²) in [5, 5.41) is 0. The fourth-order valence-corrected chi connectivity index (χ4v) is 2.52. The second-order valence-corrected chi connectivity index (χ2v) is 5.07. The Balaban J connectivity index is 2.46. The number of amides is 1. The van der Waals surface area contributed by atoms with Crippen LogP contribution in [0.3, 0.4) is 0 Å². The molecule has 0 heterocycles. The normalized spacial score (nSPS) is 25.4. The summed E-state index contributed by atoms with van der Waals surface area (Å²) in [6.45, 7) is 6.56. The van der Waals surface area contributed by atoms with Gasteiger partial charge < -0.3 is 10.6 Å². The van der Waals surface area contributed by atoms with Crippen LogP contribution in [0.5, 0.6) is 0 Å².